The normalized spacial score (nSPS) is 14.8. The molecule has 2 aromatic rings. The van der Waals surface area contributed by atoms with Gasteiger partial charge in [0, 0.05) is 18.7 Å². The van der Waals surface area contributed by atoms with Crippen LogP contribution in [0.5, 0.6) is 0 Å². The van der Waals surface area contributed by atoms with Crippen LogP contribution in [0.25, 0.3) is 5.65 Å². The van der Waals surface area contributed by atoms with Crippen molar-refractivity contribution < 1.29 is 13.2 Å². The molecule has 110 valence electrons. The summed E-state index contributed by atoms with van der Waals surface area (Å²) in [7, 11) is 0. The number of pyridine rings is 1. The van der Waals surface area contributed by atoms with Gasteiger partial charge in [-0.1, -0.05) is 20.8 Å². The van der Waals surface area contributed by atoms with Crippen molar-refractivity contribution in [2.45, 2.75) is 39.4 Å². The molecule has 0 aromatic carbocycles. The first-order chi connectivity index (χ1) is 9.09. The summed E-state index contributed by atoms with van der Waals surface area (Å²) in [4.78, 5) is 0. The highest BCUT2D eigenvalue weighted by molar-refractivity contribution is 5.40. The van der Waals surface area contributed by atoms with Crippen molar-refractivity contribution in [3.05, 3.63) is 29.7 Å². The molecule has 0 radical (unpaired) electrons. The fourth-order valence-corrected chi connectivity index (χ4v) is 1.75. The number of hydrogen-bond donors (Lipinski definition) is 1. The Hall–Kier alpha value is -1.63. The lowest BCUT2D eigenvalue weighted by atomic mass is 9.85. The first-order valence-corrected chi connectivity index (χ1v) is 6.25. The minimum atomic E-state index is -4.39. The number of aromatic nitrogens is 3. The predicted octanol–water partition coefficient (Wildman–Crippen LogP) is 2.66. The van der Waals surface area contributed by atoms with E-state index in [-0.39, 0.29) is 11.5 Å². The standard InChI is InChI=1S/C13H17F3N4/c1-12(2,3)9(17)6-11-19-18-10-5-4-8(7-20(10)11)13(14,15)16/h4-5,7,9H,6,17H2,1-3H3. The fourth-order valence-electron chi connectivity index (χ4n) is 1.75. The monoisotopic (exact) mass is 286 g/mol. The van der Waals surface area contributed by atoms with Crippen molar-refractivity contribution in [2.75, 3.05) is 0 Å². The molecule has 2 aromatic heterocycles. The van der Waals surface area contributed by atoms with E-state index in [1.54, 1.807) is 0 Å². The molecule has 7 heteroatoms. The van der Waals surface area contributed by atoms with Crippen molar-refractivity contribution in [2.24, 2.45) is 11.1 Å². The summed E-state index contributed by atoms with van der Waals surface area (Å²) >= 11 is 0. The van der Waals surface area contributed by atoms with E-state index in [1.807, 2.05) is 20.8 Å². The van der Waals surface area contributed by atoms with E-state index in [0.717, 1.165) is 12.3 Å². The van der Waals surface area contributed by atoms with Crippen LogP contribution in [-0.2, 0) is 12.6 Å². The highest BCUT2D eigenvalue weighted by atomic mass is 19.4. The molecule has 0 saturated heterocycles. The Morgan fingerprint density at radius 2 is 1.85 bits per heavy atom. The van der Waals surface area contributed by atoms with Crippen LogP contribution in [0.4, 0.5) is 13.2 Å². The van der Waals surface area contributed by atoms with Crippen molar-refractivity contribution in [1.29, 1.82) is 0 Å². The molecule has 0 aliphatic carbocycles. The molecule has 0 fully saturated rings. The molecule has 0 bridgehead atoms. The summed E-state index contributed by atoms with van der Waals surface area (Å²) in [5, 5.41) is 7.80. The Bertz CT molecular complexity index is 610. The van der Waals surface area contributed by atoms with Crippen LogP contribution in [0.2, 0.25) is 0 Å². The number of rotatable bonds is 2. The topological polar surface area (TPSA) is 56.2 Å². The second kappa shape index (κ2) is 4.73. The first kappa shape index (κ1) is 14.8. The lowest BCUT2D eigenvalue weighted by molar-refractivity contribution is -0.137. The molecule has 1 atom stereocenters. The number of halogens is 3. The molecule has 20 heavy (non-hydrogen) atoms. The average molecular weight is 286 g/mol. The summed E-state index contributed by atoms with van der Waals surface area (Å²) in [6.07, 6.45) is -3.01. The van der Waals surface area contributed by atoms with E-state index >= 15 is 0 Å². The molecule has 2 rings (SSSR count). The Morgan fingerprint density at radius 3 is 2.40 bits per heavy atom. The van der Waals surface area contributed by atoms with Gasteiger partial charge in [-0.05, 0) is 17.5 Å². The van der Waals surface area contributed by atoms with Crippen molar-refractivity contribution in [1.82, 2.24) is 14.6 Å². The molecular weight excluding hydrogens is 269 g/mol. The number of nitrogens with zero attached hydrogens (tertiary/aromatic N) is 3. The van der Waals surface area contributed by atoms with E-state index in [4.69, 9.17) is 5.73 Å². The fraction of sp³-hybridized carbons (Fsp3) is 0.538. The van der Waals surface area contributed by atoms with Crippen molar-refractivity contribution in [3.63, 3.8) is 0 Å². The first-order valence-electron chi connectivity index (χ1n) is 6.25. The van der Waals surface area contributed by atoms with Gasteiger partial charge in [0.25, 0.3) is 0 Å². The second-order valence-electron chi connectivity index (χ2n) is 5.94. The summed E-state index contributed by atoms with van der Waals surface area (Å²) in [5.41, 5.74) is 5.55. The molecule has 0 aliphatic rings. The zero-order chi connectivity index (χ0) is 15.1. The maximum Gasteiger partial charge on any atom is 0.417 e. The number of nitrogens with two attached hydrogens (primary N) is 1. The van der Waals surface area contributed by atoms with Gasteiger partial charge >= 0.3 is 6.18 Å². The minimum Gasteiger partial charge on any atom is -0.327 e. The lowest BCUT2D eigenvalue weighted by Crippen LogP contribution is -2.37. The summed E-state index contributed by atoms with van der Waals surface area (Å²) in [6, 6.07) is 2.09. The van der Waals surface area contributed by atoms with Crippen LogP contribution >= 0.6 is 0 Å². The van der Waals surface area contributed by atoms with Crippen LogP contribution in [0.15, 0.2) is 18.3 Å². The lowest BCUT2D eigenvalue weighted by Gasteiger charge is -2.26. The smallest absolute Gasteiger partial charge is 0.327 e. The van der Waals surface area contributed by atoms with Gasteiger partial charge in [0.1, 0.15) is 5.82 Å². The molecule has 1 unspecified atom stereocenters. The van der Waals surface area contributed by atoms with Crippen molar-refractivity contribution in [3.8, 4) is 0 Å². The highest BCUT2D eigenvalue weighted by Crippen LogP contribution is 2.29. The summed E-state index contributed by atoms with van der Waals surface area (Å²) in [6.45, 7) is 5.92. The largest absolute Gasteiger partial charge is 0.417 e. The quantitative estimate of drug-likeness (QED) is 0.923. The number of hydrogen-bond acceptors (Lipinski definition) is 3. The van der Waals surface area contributed by atoms with Crippen LogP contribution in [-0.4, -0.2) is 20.6 Å². The maximum atomic E-state index is 12.7. The van der Waals surface area contributed by atoms with Crippen LogP contribution < -0.4 is 5.73 Å². The van der Waals surface area contributed by atoms with E-state index in [1.165, 1.54) is 10.5 Å². The molecular formula is C13H17F3N4. The maximum absolute atomic E-state index is 12.7. The van der Waals surface area contributed by atoms with E-state index < -0.39 is 11.7 Å². The summed E-state index contributed by atoms with van der Waals surface area (Å²) < 4.78 is 39.5. The van der Waals surface area contributed by atoms with Crippen LogP contribution in [0.1, 0.15) is 32.2 Å². The third-order valence-electron chi connectivity index (χ3n) is 3.32. The van der Waals surface area contributed by atoms with Crippen LogP contribution in [0.3, 0.4) is 0 Å². The Kier molecular flexibility index (Phi) is 3.49. The molecule has 0 aliphatic heterocycles. The van der Waals surface area contributed by atoms with Gasteiger partial charge in [0.05, 0.1) is 5.56 Å². The Balaban J connectivity index is 2.40. The third kappa shape index (κ3) is 2.92. The molecule has 0 saturated carbocycles. The molecule has 0 amide bonds. The zero-order valence-corrected chi connectivity index (χ0v) is 11.6. The van der Waals surface area contributed by atoms with Gasteiger partial charge in [-0.15, -0.1) is 10.2 Å². The van der Waals surface area contributed by atoms with Gasteiger partial charge in [0.15, 0.2) is 5.65 Å². The second-order valence-corrected chi connectivity index (χ2v) is 5.94. The Labute approximate surface area is 114 Å². The van der Waals surface area contributed by atoms with E-state index in [9.17, 15) is 13.2 Å². The van der Waals surface area contributed by atoms with Crippen molar-refractivity contribution >= 4 is 5.65 Å². The minimum absolute atomic E-state index is 0.159. The van der Waals surface area contributed by atoms with E-state index in [2.05, 4.69) is 10.2 Å². The van der Waals surface area contributed by atoms with Gasteiger partial charge in [-0.2, -0.15) is 13.2 Å². The van der Waals surface area contributed by atoms with Crippen LogP contribution in [0, 0.1) is 5.41 Å². The molecule has 0 spiro atoms. The van der Waals surface area contributed by atoms with Gasteiger partial charge in [-0.25, -0.2) is 0 Å². The molecule has 2 N–H and O–H groups in total. The van der Waals surface area contributed by atoms with E-state index in [0.29, 0.717) is 17.9 Å². The highest BCUT2D eigenvalue weighted by Gasteiger charge is 2.31. The predicted molar refractivity (Wildman–Crippen MR) is 69.1 cm³/mol. The zero-order valence-electron chi connectivity index (χ0n) is 11.6. The summed E-state index contributed by atoms with van der Waals surface area (Å²) in [5.74, 6) is 0.438. The van der Waals surface area contributed by atoms with Gasteiger partial charge in [-0.3, -0.25) is 4.40 Å². The Morgan fingerprint density at radius 1 is 1.20 bits per heavy atom. The SMILES string of the molecule is CC(C)(C)C(N)Cc1nnc2ccc(C(F)(F)F)cn12. The molecule has 2 heterocycles. The van der Waals surface area contributed by atoms with Gasteiger partial charge in [0.2, 0.25) is 0 Å². The number of fused-ring (bicyclic) bond motifs is 1. The third-order valence-corrected chi connectivity index (χ3v) is 3.32. The average Bonchev–Trinajstić information content (AvgIpc) is 2.69. The molecule has 4 nitrogen and oxygen atoms in total. The van der Waals surface area contributed by atoms with Gasteiger partial charge < -0.3 is 5.73 Å². The number of alkyl halides is 3.